The number of hydrogen-bond donors (Lipinski definition) is 1. The normalized spacial score (nSPS) is 13.2. The highest BCUT2D eigenvalue weighted by Gasteiger charge is 2.19. The van der Waals surface area contributed by atoms with E-state index in [1.54, 1.807) is 0 Å². The number of benzene rings is 1. The fourth-order valence-electron chi connectivity index (χ4n) is 1.69. The minimum atomic E-state index is -0.00477. The van der Waals surface area contributed by atoms with Gasteiger partial charge in [-0.1, -0.05) is 6.07 Å². The predicted octanol–water partition coefficient (Wildman–Crippen LogP) is 1.37. The van der Waals surface area contributed by atoms with Crippen molar-refractivity contribution in [1.82, 2.24) is 5.32 Å². The number of fused-ring (bicyclic) bond motifs is 1. The molecule has 0 aliphatic carbocycles. The van der Waals surface area contributed by atoms with Gasteiger partial charge in [-0.2, -0.15) is 0 Å². The van der Waals surface area contributed by atoms with Gasteiger partial charge in [0.2, 0.25) is 0 Å². The maximum atomic E-state index is 11.6. The van der Waals surface area contributed by atoms with E-state index in [0.717, 1.165) is 23.3 Å². The molecule has 0 saturated carbocycles. The van der Waals surface area contributed by atoms with Crippen LogP contribution in [0.5, 0.6) is 5.75 Å². The summed E-state index contributed by atoms with van der Waals surface area (Å²) in [6.07, 6.45) is 0.836. The zero-order chi connectivity index (χ0) is 9.97. The second-order valence-corrected chi connectivity index (χ2v) is 3.24. The van der Waals surface area contributed by atoms with Crippen molar-refractivity contribution in [3.8, 4) is 5.75 Å². The number of ether oxygens (including phenoxy) is 1. The van der Waals surface area contributed by atoms with Gasteiger partial charge in [0, 0.05) is 24.1 Å². The molecule has 0 bridgehead atoms. The molecule has 0 saturated heterocycles. The molecule has 1 heterocycles. The number of rotatable bonds is 2. The summed E-state index contributed by atoms with van der Waals surface area (Å²) in [5, 5.41) is 2.80. The molecule has 1 aliphatic heterocycles. The van der Waals surface area contributed by atoms with E-state index < -0.39 is 0 Å². The first-order valence-corrected chi connectivity index (χ1v) is 4.86. The van der Waals surface area contributed by atoms with Crippen LogP contribution in [0.1, 0.15) is 22.8 Å². The molecule has 0 fully saturated rings. The summed E-state index contributed by atoms with van der Waals surface area (Å²) in [6.45, 7) is 3.26. The number of carbonyl (C=O) groups excluding carboxylic acids is 1. The van der Waals surface area contributed by atoms with Crippen molar-refractivity contribution in [3.05, 3.63) is 29.3 Å². The summed E-state index contributed by atoms with van der Waals surface area (Å²) < 4.78 is 5.39. The molecule has 3 nitrogen and oxygen atoms in total. The fourth-order valence-corrected chi connectivity index (χ4v) is 1.69. The Morgan fingerprint density at radius 3 is 3.21 bits per heavy atom. The second kappa shape index (κ2) is 3.70. The lowest BCUT2D eigenvalue weighted by molar-refractivity contribution is 0.0955. The van der Waals surface area contributed by atoms with Crippen molar-refractivity contribution in [2.24, 2.45) is 0 Å². The van der Waals surface area contributed by atoms with E-state index in [1.165, 1.54) is 0 Å². The first-order chi connectivity index (χ1) is 6.83. The van der Waals surface area contributed by atoms with Crippen LogP contribution >= 0.6 is 0 Å². The van der Waals surface area contributed by atoms with Gasteiger partial charge in [-0.05, 0) is 19.1 Å². The third-order valence-electron chi connectivity index (χ3n) is 2.32. The van der Waals surface area contributed by atoms with Gasteiger partial charge in [0.1, 0.15) is 5.75 Å². The third kappa shape index (κ3) is 1.45. The lowest BCUT2D eigenvalue weighted by Gasteiger charge is -2.06. The van der Waals surface area contributed by atoms with Crippen LogP contribution in [-0.4, -0.2) is 19.1 Å². The van der Waals surface area contributed by atoms with E-state index in [1.807, 2.05) is 25.1 Å². The molecule has 0 spiro atoms. The molecule has 1 aliphatic rings. The van der Waals surface area contributed by atoms with Crippen LogP contribution in [-0.2, 0) is 6.42 Å². The Hall–Kier alpha value is -1.51. The average molecular weight is 191 g/mol. The summed E-state index contributed by atoms with van der Waals surface area (Å²) in [4.78, 5) is 11.6. The Morgan fingerprint density at radius 1 is 1.57 bits per heavy atom. The van der Waals surface area contributed by atoms with Crippen molar-refractivity contribution in [2.75, 3.05) is 13.2 Å². The molecule has 74 valence electrons. The fraction of sp³-hybridized carbons (Fsp3) is 0.364. The van der Waals surface area contributed by atoms with Gasteiger partial charge in [-0.3, -0.25) is 4.79 Å². The molecule has 0 radical (unpaired) electrons. The molecule has 0 aromatic heterocycles. The first-order valence-electron chi connectivity index (χ1n) is 4.86. The second-order valence-electron chi connectivity index (χ2n) is 3.24. The third-order valence-corrected chi connectivity index (χ3v) is 2.32. The predicted molar refractivity (Wildman–Crippen MR) is 53.6 cm³/mol. The average Bonchev–Trinajstić information content (AvgIpc) is 2.65. The molecule has 1 amide bonds. The molecular weight excluding hydrogens is 178 g/mol. The lowest BCUT2D eigenvalue weighted by Crippen LogP contribution is -2.23. The largest absolute Gasteiger partial charge is 0.493 e. The van der Waals surface area contributed by atoms with Gasteiger partial charge in [0.05, 0.1) is 6.61 Å². The maximum absolute atomic E-state index is 11.6. The van der Waals surface area contributed by atoms with Gasteiger partial charge >= 0.3 is 0 Å². The minimum Gasteiger partial charge on any atom is -0.493 e. The Labute approximate surface area is 83.1 Å². The molecule has 1 aromatic rings. The Bertz CT molecular complexity index is 360. The van der Waals surface area contributed by atoms with Crippen molar-refractivity contribution in [2.45, 2.75) is 13.3 Å². The highest BCUT2D eigenvalue weighted by Crippen LogP contribution is 2.27. The minimum absolute atomic E-state index is 0.00477. The van der Waals surface area contributed by atoms with Crippen LogP contribution < -0.4 is 10.1 Å². The van der Waals surface area contributed by atoms with Crippen molar-refractivity contribution >= 4 is 5.91 Å². The van der Waals surface area contributed by atoms with Crippen LogP contribution in [0.4, 0.5) is 0 Å². The number of nitrogens with one attached hydrogen (secondary N) is 1. The van der Waals surface area contributed by atoms with E-state index in [-0.39, 0.29) is 5.91 Å². The highest BCUT2D eigenvalue weighted by atomic mass is 16.5. The van der Waals surface area contributed by atoms with Gasteiger partial charge in [0.15, 0.2) is 0 Å². The van der Waals surface area contributed by atoms with Crippen LogP contribution in [0.25, 0.3) is 0 Å². The van der Waals surface area contributed by atoms with Gasteiger partial charge in [0.25, 0.3) is 5.91 Å². The van der Waals surface area contributed by atoms with Crippen molar-refractivity contribution in [1.29, 1.82) is 0 Å². The molecule has 3 heteroatoms. The zero-order valence-electron chi connectivity index (χ0n) is 8.17. The van der Waals surface area contributed by atoms with Crippen LogP contribution in [0.3, 0.4) is 0 Å². The van der Waals surface area contributed by atoms with Crippen LogP contribution in [0, 0.1) is 0 Å². The smallest absolute Gasteiger partial charge is 0.251 e. The molecule has 2 rings (SSSR count). The van der Waals surface area contributed by atoms with Crippen molar-refractivity contribution in [3.63, 3.8) is 0 Å². The standard InChI is InChI=1S/C11H13NO2/c1-2-12-11(13)9-4-3-5-10-8(9)6-7-14-10/h3-5H,2,6-7H2,1H3,(H,12,13). The zero-order valence-corrected chi connectivity index (χ0v) is 8.17. The number of carbonyl (C=O) groups is 1. The van der Waals surface area contributed by atoms with Crippen LogP contribution in [0.2, 0.25) is 0 Å². The quantitative estimate of drug-likeness (QED) is 0.766. The summed E-state index contributed by atoms with van der Waals surface area (Å²) in [7, 11) is 0. The lowest BCUT2D eigenvalue weighted by atomic mass is 10.0. The number of hydrogen-bond acceptors (Lipinski definition) is 2. The first kappa shape index (κ1) is 9.06. The van der Waals surface area contributed by atoms with Gasteiger partial charge < -0.3 is 10.1 Å². The van der Waals surface area contributed by atoms with Crippen LogP contribution in [0.15, 0.2) is 18.2 Å². The van der Waals surface area contributed by atoms with Crippen molar-refractivity contribution < 1.29 is 9.53 Å². The van der Waals surface area contributed by atoms with Gasteiger partial charge in [-0.25, -0.2) is 0 Å². The molecule has 0 unspecified atom stereocenters. The van der Waals surface area contributed by atoms with E-state index >= 15 is 0 Å². The number of amides is 1. The molecule has 1 N–H and O–H groups in total. The molecular formula is C11H13NO2. The monoisotopic (exact) mass is 191 g/mol. The van der Waals surface area contributed by atoms with E-state index in [0.29, 0.717) is 13.2 Å². The topological polar surface area (TPSA) is 38.3 Å². The van der Waals surface area contributed by atoms with E-state index in [9.17, 15) is 4.79 Å². The maximum Gasteiger partial charge on any atom is 0.251 e. The highest BCUT2D eigenvalue weighted by molar-refractivity contribution is 5.96. The Balaban J connectivity index is 2.34. The summed E-state index contributed by atoms with van der Waals surface area (Å²) >= 11 is 0. The Kier molecular flexibility index (Phi) is 2.39. The summed E-state index contributed by atoms with van der Waals surface area (Å²) in [5.74, 6) is 0.851. The van der Waals surface area contributed by atoms with E-state index in [4.69, 9.17) is 4.74 Å². The van der Waals surface area contributed by atoms with Gasteiger partial charge in [-0.15, -0.1) is 0 Å². The SMILES string of the molecule is CCNC(=O)c1cccc2c1CCO2. The summed E-state index contributed by atoms with van der Waals surface area (Å²) in [6, 6.07) is 5.61. The molecule has 14 heavy (non-hydrogen) atoms. The molecule has 0 atom stereocenters. The Morgan fingerprint density at radius 2 is 2.43 bits per heavy atom. The molecule has 1 aromatic carbocycles. The van der Waals surface area contributed by atoms with E-state index in [2.05, 4.69) is 5.32 Å². The summed E-state index contributed by atoms with van der Waals surface area (Å²) in [5.41, 5.74) is 1.79.